The molecule has 3 amide bonds. The fourth-order valence-corrected chi connectivity index (χ4v) is 1.50. The maximum Gasteiger partial charge on any atom is 0.343 e. The number of ether oxygens (including phenoxy) is 1. The summed E-state index contributed by atoms with van der Waals surface area (Å²) in [5.41, 5.74) is -0.458. The molecule has 0 unspecified atom stereocenters. The third-order valence-electron chi connectivity index (χ3n) is 2.09. The number of hydrogen-bond acceptors (Lipinski definition) is 4. The Bertz CT molecular complexity index is 516. The summed E-state index contributed by atoms with van der Waals surface area (Å²) in [5.74, 6) is -2.78. The van der Waals surface area contributed by atoms with E-state index in [0.717, 1.165) is 6.07 Å². The number of esters is 1. The molecule has 0 fully saturated rings. The molecule has 0 radical (unpaired) electrons. The lowest BCUT2D eigenvalue weighted by Crippen LogP contribution is -2.41. The molecule has 0 spiro atoms. The Morgan fingerprint density at radius 3 is 2.65 bits per heavy atom. The van der Waals surface area contributed by atoms with E-state index in [1.165, 1.54) is 12.1 Å². The smallest absolute Gasteiger partial charge is 0.343 e. The van der Waals surface area contributed by atoms with Gasteiger partial charge in [0.25, 0.3) is 5.91 Å². The van der Waals surface area contributed by atoms with Crippen LogP contribution in [0.4, 0.5) is 9.18 Å². The summed E-state index contributed by atoms with van der Waals surface area (Å²) in [6, 6.07) is 2.97. The minimum Gasteiger partial charge on any atom is -0.452 e. The third kappa shape index (κ3) is 4.51. The number of halogens is 2. The maximum atomic E-state index is 13.4. The predicted octanol–water partition coefficient (Wildman–Crippen LogP) is 1.48. The Balaban J connectivity index is 2.56. The largest absolute Gasteiger partial charge is 0.452 e. The van der Waals surface area contributed by atoms with Gasteiger partial charge in [-0.25, -0.2) is 14.0 Å². The van der Waals surface area contributed by atoms with Gasteiger partial charge in [-0.3, -0.25) is 10.1 Å². The molecule has 1 aromatic carbocycles. The Morgan fingerprint density at radius 1 is 1.35 bits per heavy atom. The normalized spacial score (nSPS) is 9.75. The number of amides is 3. The number of carbonyl (C=O) groups is 3. The lowest BCUT2D eigenvalue weighted by atomic mass is 10.2. The first-order valence-electron chi connectivity index (χ1n) is 5.64. The van der Waals surface area contributed by atoms with Crippen molar-refractivity contribution >= 4 is 29.5 Å². The van der Waals surface area contributed by atoms with Crippen LogP contribution in [0.3, 0.4) is 0 Å². The molecule has 108 valence electrons. The van der Waals surface area contributed by atoms with Gasteiger partial charge >= 0.3 is 12.0 Å². The monoisotopic (exact) mass is 302 g/mol. The molecule has 0 aromatic heterocycles. The molecule has 6 nitrogen and oxygen atoms in total. The van der Waals surface area contributed by atoms with Gasteiger partial charge in [0.05, 0.1) is 5.02 Å². The standard InChI is InChI=1S/C12H12ClFN2O4/c1-2-15-12(19)16-9(17)6-20-11(18)10-7(13)4-3-5-8(10)14/h3-5H,2,6H2,1H3,(H2,15,16,17,19). The van der Waals surface area contributed by atoms with Crippen molar-refractivity contribution in [2.45, 2.75) is 6.92 Å². The van der Waals surface area contributed by atoms with E-state index in [0.29, 0.717) is 6.54 Å². The first kappa shape index (κ1) is 15.9. The summed E-state index contributed by atoms with van der Waals surface area (Å²) in [7, 11) is 0. The lowest BCUT2D eigenvalue weighted by Gasteiger charge is -2.07. The summed E-state index contributed by atoms with van der Waals surface area (Å²) in [6.45, 7) is 1.29. The van der Waals surface area contributed by atoms with E-state index in [-0.39, 0.29) is 5.02 Å². The van der Waals surface area contributed by atoms with Gasteiger partial charge in [-0.2, -0.15) is 0 Å². The second kappa shape index (κ2) is 7.44. The van der Waals surface area contributed by atoms with Gasteiger partial charge < -0.3 is 10.1 Å². The molecular weight excluding hydrogens is 291 g/mol. The average Bonchev–Trinajstić information content (AvgIpc) is 2.36. The van der Waals surface area contributed by atoms with E-state index in [1.54, 1.807) is 6.92 Å². The molecule has 1 aromatic rings. The van der Waals surface area contributed by atoms with Gasteiger partial charge in [-0.05, 0) is 19.1 Å². The molecule has 0 saturated carbocycles. The van der Waals surface area contributed by atoms with Crippen molar-refractivity contribution in [2.24, 2.45) is 0 Å². The molecule has 0 aliphatic carbocycles. The van der Waals surface area contributed by atoms with Crippen LogP contribution in [-0.2, 0) is 9.53 Å². The summed E-state index contributed by atoms with van der Waals surface area (Å²) < 4.78 is 18.0. The highest BCUT2D eigenvalue weighted by Crippen LogP contribution is 2.19. The number of urea groups is 1. The zero-order valence-corrected chi connectivity index (χ0v) is 11.3. The second-order valence-electron chi connectivity index (χ2n) is 3.58. The molecule has 0 aliphatic rings. The first-order chi connectivity index (χ1) is 9.45. The van der Waals surface area contributed by atoms with Gasteiger partial charge in [0.2, 0.25) is 0 Å². The topological polar surface area (TPSA) is 84.5 Å². The highest BCUT2D eigenvalue weighted by Gasteiger charge is 2.18. The molecule has 20 heavy (non-hydrogen) atoms. The third-order valence-corrected chi connectivity index (χ3v) is 2.41. The fourth-order valence-electron chi connectivity index (χ4n) is 1.26. The molecule has 0 atom stereocenters. The summed E-state index contributed by atoms with van der Waals surface area (Å²) in [5, 5.41) is 4.12. The van der Waals surface area contributed by atoms with Gasteiger partial charge in [0.1, 0.15) is 11.4 Å². The van der Waals surface area contributed by atoms with Crippen molar-refractivity contribution in [3.05, 3.63) is 34.6 Å². The van der Waals surface area contributed by atoms with Crippen molar-refractivity contribution < 1.29 is 23.5 Å². The molecule has 0 bridgehead atoms. The van der Waals surface area contributed by atoms with Crippen LogP contribution < -0.4 is 10.6 Å². The van der Waals surface area contributed by atoms with Crippen molar-refractivity contribution in [2.75, 3.05) is 13.2 Å². The predicted molar refractivity (Wildman–Crippen MR) is 68.9 cm³/mol. The van der Waals surface area contributed by atoms with E-state index in [9.17, 15) is 18.8 Å². The van der Waals surface area contributed by atoms with Crippen LogP contribution in [0.2, 0.25) is 5.02 Å². The fraction of sp³-hybridized carbons (Fsp3) is 0.250. The number of hydrogen-bond donors (Lipinski definition) is 2. The molecule has 0 saturated heterocycles. The average molecular weight is 303 g/mol. The van der Waals surface area contributed by atoms with Crippen LogP contribution in [0.5, 0.6) is 0 Å². The van der Waals surface area contributed by atoms with Crippen LogP contribution in [0.15, 0.2) is 18.2 Å². The minimum atomic E-state index is -1.08. The van der Waals surface area contributed by atoms with E-state index in [4.69, 9.17) is 11.6 Å². The van der Waals surface area contributed by atoms with Crippen LogP contribution in [-0.4, -0.2) is 31.1 Å². The summed E-state index contributed by atoms with van der Waals surface area (Å²) >= 11 is 5.66. The zero-order valence-electron chi connectivity index (χ0n) is 10.5. The first-order valence-corrected chi connectivity index (χ1v) is 6.02. The van der Waals surface area contributed by atoms with Gasteiger partial charge in [-0.15, -0.1) is 0 Å². The van der Waals surface area contributed by atoms with Crippen LogP contribution in [0.25, 0.3) is 0 Å². The highest BCUT2D eigenvalue weighted by molar-refractivity contribution is 6.33. The zero-order chi connectivity index (χ0) is 15.1. The van der Waals surface area contributed by atoms with E-state index < -0.39 is 35.9 Å². The van der Waals surface area contributed by atoms with Crippen molar-refractivity contribution in [3.8, 4) is 0 Å². The summed E-state index contributed by atoms with van der Waals surface area (Å²) in [6.07, 6.45) is 0. The Kier molecular flexibility index (Phi) is 5.92. The van der Waals surface area contributed by atoms with Crippen molar-refractivity contribution in [3.63, 3.8) is 0 Å². The quantitative estimate of drug-likeness (QED) is 0.825. The van der Waals surface area contributed by atoms with Gasteiger partial charge in [0, 0.05) is 6.54 Å². The Hall–Kier alpha value is -2.15. The Labute approximate surface area is 119 Å². The Morgan fingerprint density at radius 2 is 2.05 bits per heavy atom. The maximum absolute atomic E-state index is 13.4. The molecule has 0 aliphatic heterocycles. The molecule has 0 heterocycles. The number of carbonyl (C=O) groups excluding carboxylic acids is 3. The van der Waals surface area contributed by atoms with E-state index in [1.807, 2.05) is 5.32 Å². The molecule has 8 heteroatoms. The molecular formula is C12H12ClFN2O4. The van der Waals surface area contributed by atoms with Crippen molar-refractivity contribution in [1.29, 1.82) is 0 Å². The lowest BCUT2D eigenvalue weighted by molar-refractivity contribution is -0.123. The molecule has 2 N–H and O–H groups in total. The van der Waals surface area contributed by atoms with Gasteiger partial charge in [-0.1, -0.05) is 17.7 Å². The summed E-state index contributed by atoms with van der Waals surface area (Å²) in [4.78, 5) is 33.8. The van der Waals surface area contributed by atoms with Crippen LogP contribution >= 0.6 is 11.6 Å². The number of nitrogens with one attached hydrogen (secondary N) is 2. The highest BCUT2D eigenvalue weighted by atomic mass is 35.5. The SMILES string of the molecule is CCNC(=O)NC(=O)COC(=O)c1c(F)cccc1Cl. The molecule has 1 rings (SSSR count). The number of imide groups is 1. The van der Waals surface area contributed by atoms with Crippen LogP contribution in [0, 0.1) is 5.82 Å². The van der Waals surface area contributed by atoms with Crippen molar-refractivity contribution in [1.82, 2.24) is 10.6 Å². The van der Waals surface area contributed by atoms with E-state index >= 15 is 0 Å². The second-order valence-corrected chi connectivity index (χ2v) is 3.99. The van der Waals surface area contributed by atoms with E-state index in [2.05, 4.69) is 10.1 Å². The minimum absolute atomic E-state index is 0.126. The number of rotatable bonds is 4. The number of benzene rings is 1. The van der Waals surface area contributed by atoms with Gasteiger partial charge in [0.15, 0.2) is 6.61 Å². The van der Waals surface area contributed by atoms with Crippen LogP contribution in [0.1, 0.15) is 17.3 Å².